The molecular formula is C57H43N3S. The average Bonchev–Trinajstić information content (AvgIpc) is 3.32. The molecule has 0 unspecified atom stereocenters. The average molecular weight is 802 g/mol. The van der Waals surface area contributed by atoms with Crippen molar-refractivity contribution in [3.8, 4) is 22.3 Å². The minimum Gasteiger partial charge on any atom is -0.310 e. The van der Waals surface area contributed by atoms with Crippen molar-refractivity contribution >= 4 is 62.9 Å². The van der Waals surface area contributed by atoms with E-state index in [1.54, 1.807) is 0 Å². The first-order valence-corrected chi connectivity index (χ1v) is 21.7. The molecule has 0 N–H and O–H groups in total. The normalized spacial score (nSPS) is 13.4. The molecule has 0 saturated heterocycles. The number of para-hydroxylation sites is 4. The standard InChI is InChI=1S/C57H43N3S/c1-57(2)49-22-12-13-23-51(49)59(44-18-8-4-9-19-44)52-36-30-43(38-50(52)57)42-28-33-47(34-29-42)58(46-31-26-41(27-32-46)40-16-6-3-7-17-40)48-35-37-54-56(39-48)61-55-25-15-14-24-53(55)60(54)45-20-10-5-11-21-45/h3-39H,1-2H3. The molecule has 0 amide bonds. The van der Waals surface area contributed by atoms with Crippen molar-refractivity contribution in [3.63, 3.8) is 0 Å². The Morgan fingerprint density at radius 2 is 0.787 bits per heavy atom. The summed E-state index contributed by atoms with van der Waals surface area (Å²) in [6.07, 6.45) is 0. The maximum absolute atomic E-state index is 2.41. The molecule has 0 aliphatic carbocycles. The molecule has 11 rings (SSSR count). The van der Waals surface area contributed by atoms with Crippen LogP contribution in [0.2, 0.25) is 0 Å². The molecule has 0 bridgehead atoms. The van der Waals surface area contributed by atoms with Crippen LogP contribution in [-0.4, -0.2) is 0 Å². The third kappa shape index (κ3) is 6.48. The van der Waals surface area contributed by atoms with E-state index in [-0.39, 0.29) is 5.41 Å². The van der Waals surface area contributed by atoms with Gasteiger partial charge in [-0.25, -0.2) is 0 Å². The lowest BCUT2D eigenvalue weighted by molar-refractivity contribution is 0.632. The van der Waals surface area contributed by atoms with Gasteiger partial charge in [0.05, 0.1) is 22.7 Å². The molecular weight excluding hydrogens is 759 g/mol. The molecule has 2 aliphatic heterocycles. The number of anilines is 9. The fourth-order valence-corrected chi connectivity index (χ4v) is 10.3. The van der Waals surface area contributed by atoms with Crippen LogP contribution in [0.1, 0.15) is 25.0 Å². The number of rotatable bonds is 7. The van der Waals surface area contributed by atoms with E-state index in [0.717, 1.165) is 22.7 Å². The van der Waals surface area contributed by atoms with Crippen LogP contribution < -0.4 is 14.7 Å². The van der Waals surface area contributed by atoms with Crippen molar-refractivity contribution in [2.75, 3.05) is 14.7 Å². The van der Waals surface area contributed by atoms with Crippen LogP contribution in [0.15, 0.2) is 234 Å². The minimum absolute atomic E-state index is 0.184. The fourth-order valence-electron chi connectivity index (χ4n) is 9.16. The second kappa shape index (κ2) is 15.1. The number of hydrogen-bond donors (Lipinski definition) is 0. The minimum atomic E-state index is -0.184. The Hall–Kier alpha value is -7.27. The van der Waals surface area contributed by atoms with Crippen molar-refractivity contribution in [3.05, 3.63) is 236 Å². The highest BCUT2D eigenvalue weighted by Gasteiger charge is 2.37. The number of fused-ring (bicyclic) bond motifs is 4. The van der Waals surface area contributed by atoms with Crippen LogP contribution in [0.5, 0.6) is 0 Å². The molecule has 0 fully saturated rings. The van der Waals surface area contributed by atoms with Crippen molar-refractivity contribution in [1.82, 2.24) is 0 Å². The van der Waals surface area contributed by atoms with Gasteiger partial charge in [-0.05, 0) is 130 Å². The molecule has 292 valence electrons. The molecule has 61 heavy (non-hydrogen) atoms. The topological polar surface area (TPSA) is 9.72 Å². The Balaban J connectivity index is 0.997. The molecule has 0 spiro atoms. The smallest absolute Gasteiger partial charge is 0.0603 e. The zero-order valence-corrected chi connectivity index (χ0v) is 34.9. The van der Waals surface area contributed by atoms with Crippen molar-refractivity contribution in [2.24, 2.45) is 0 Å². The van der Waals surface area contributed by atoms with Gasteiger partial charge in [0.2, 0.25) is 0 Å². The first kappa shape index (κ1) is 36.8. The van der Waals surface area contributed by atoms with E-state index in [9.17, 15) is 0 Å². The van der Waals surface area contributed by atoms with E-state index in [0.29, 0.717) is 0 Å². The molecule has 2 aliphatic rings. The highest BCUT2D eigenvalue weighted by Crippen LogP contribution is 2.54. The molecule has 9 aromatic rings. The van der Waals surface area contributed by atoms with Crippen molar-refractivity contribution in [2.45, 2.75) is 29.1 Å². The molecule has 3 nitrogen and oxygen atoms in total. The molecule has 0 atom stereocenters. The predicted molar refractivity (Wildman–Crippen MR) is 258 cm³/mol. The Morgan fingerprint density at radius 1 is 0.344 bits per heavy atom. The largest absolute Gasteiger partial charge is 0.310 e. The molecule has 4 heteroatoms. The Bertz CT molecular complexity index is 3020. The highest BCUT2D eigenvalue weighted by molar-refractivity contribution is 7.99. The lowest BCUT2D eigenvalue weighted by Crippen LogP contribution is -2.30. The Kier molecular flexibility index (Phi) is 9.09. The maximum atomic E-state index is 2.41. The van der Waals surface area contributed by atoms with Gasteiger partial charge in [0, 0.05) is 43.6 Å². The Morgan fingerprint density at radius 3 is 1.44 bits per heavy atom. The van der Waals surface area contributed by atoms with Crippen LogP contribution in [0.25, 0.3) is 22.3 Å². The van der Waals surface area contributed by atoms with E-state index in [4.69, 9.17) is 0 Å². The summed E-state index contributed by atoms with van der Waals surface area (Å²) in [5.41, 5.74) is 17.7. The SMILES string of the molecule is CC1(C)c2ccccc2N(c2ccccc2)c2ccc(-c3ccc(N(c4ccc(-c5ccccc5)cc4)c4ccc5c(c4)Sc4ccccc4N5c4ccccc4)cc3)cc21. The summed E-state index contributed by atoms with van der Waals surface area (Å²) in [7, 11) is 0. The van der Waals surface area contributed by atoms with Crippen LogP contribution in [0.3, 0.4) is 0 Å². The van der Waals surface area contributed by atoms with Crippen molar-refractivity contribution in [1.29, 1.82) is 0 Å². The van der Waals surface area contributed by atoms with Gasteiger partial charge in [-0.3, -0.25) is 0 Å². The van der Waals surface area contributed by atoms with E-state index in [2.05, 4.69) is 253 Å². The second-order valence-corrected chi connectivity index (χ2v) is 17.3. The summed E-state index contributed by atoms with van der Waals surface area (Å²) in [5.74, 6) is 0. The van der Waals surface area contributed by atoms with E-state index < -0.39 is 0 Å². The molecule has 0 aromatic heterocycles. The van der Waals surface area contributed by atoms with Crippen LogP contribution >= 0.6 is 11.8 Å². The van der Waals surface area contributed by atoms with Gasteiger partial charge in [-0.2, -0.15) is 0 Å². The maximum Gasteiger partial charge on any atom is 0.0603 e. The summed E-state index contributed by atoms with van der Waals surface area (Å²) in [5, 5.41) is 0. The van der Waals surface area contributed by atoms with Gasteiger partial charge in [0.25, 0.3) is 0 Å². The molecule has 0 radical (unpaired) electrons. The predicted octanol–water partition coefficient (Wildman–Crippen LogP) is 16.5. The first-order chi connectivity index (χ1) is 30.0. The van der Waals surface area contributed by atoms with Gasteiger partial charge in [0.1, 0.15) is 0 Å². The van der Waals surface area contributed by atoms with Crippen molar-refractivity contribution < 1.29 is 0 Å². The zero-order valence-electron chi connectivity index (χ0n) is 34.1. The Labute approximate surface area is 362 Å². The molecule has 0 saturated carbocycles. The van der Waals surface area contributed by atoms with E-state index in [1.807, 2.05) is 11.8 Å². The van der Waals surface area contributed by atoms with E-state index in [1.165, 1.54) is 71.6 Å². The lowest BCUT2D eigenvalue weighted by Gasteiger charge is -2.42. The number of nitrogens with zero attached hydrogens (tertiary/aromatic N) is 3. The highest BCUT2D eigenvalue weighted by atomic mass is 32.2. The molecule has 2 heterocycles. The summed E-state index contributed by atoms with van der Waals surface area (Å²) in [6, 6.07) is 81.5. The fraction of sp³-hybridized carbons (Fsp3) is 0.0526. The third-order valence-electron chi connectivity index (χ3n) is 12.2. The summed E-state index contributed by atoms with van der Waals surface area (Å²) < 4.78 is 0. The monoisotopic (exact) mass is 801 g/mol. The van der Waals surface area contributed by atoms with Gasteiger partial charge >= 0.3 is 0 Å². The summed E-state index contributed by atoms with van der Waals surface area (Å²) in [4.78, 5) is 9.64. The second-order valence-electron chi connectivity index (χ2n) is 16.2. The van der Waals surface area contributed by atoms with Gasteiger partial charge in [-0.15, -0.1) is 0 Å². The first-order valence-electron chi connectivity index (χ1n) is 20.9. The van der Waals surface area contributed by atoms with Crippen LogP contribution in [0.4, 0.5) is 51.2 Å². The van der Waals surface area contributed by atoms with Gasteiger partial charge < -0.3 is 14.7 Å². The molecule has 9 aromatic carbocycles. The van der Waals surface area contributed by atoms with E-state index >= 15 is 0 Å². The van der Waals surface area contributed by atoms with Crippen LogP contribution in [0, 0.1) is 0 Å². The van der Waals surface area contributed by atoms with Crippen LogP contribution in [-0.2, 0) is 5.41 Å². The van der Waals surface area contributed by atoms with Gasteiger partial charge in [-0.1, -0.05) is 153 Å². The van der Waals surface area contributed by atoms with Gasteiger partial charge in [0.15, 0.2) is 0 Å². The number of hydrogen-bond acceptors (Lipinski definition) is 4. The number of benzene rings is 9. The zero-order chi connectivity index (χ0) is 40.9. The lowest BCUT2D eigenvalue weighted by atomic mass is 9.73. The summed E-state index contributed by atoms with van der Waals surface area (Å²) in [6.45, 7) is 4.71. The quantitative estimate of drug-likeness (QED) is 0.159. The third-order valence-corrected chi connectivity index (χ3v) is 13.3. The summed E-state index contributed by atoms with van der Waals surface area (Å²) >= 11 is 1.84.